The van der Waals surface area contributed by atoms with Crippen LogP contribution >= 0.6 is 0 Å². The molecule has 0 heterocycles. The number of carbonyl (C=O) groups excluding carboxylic acids is 1. The van der Waals surface area contributed by atoms with Crippen molar-refractivity contribution in [3.8, 4) is 0 Å². The quantitative estimate of drug-likeness (QED) is 0.533. The average molecular weight is 182 g/mol. The van der Waals surface area contributed by atoms with E-state index in [0.29, 0.717) is 0 Å². The van der Waals surface area contributed by atoms with Crippen LogP contribution < -0.4 is 0 Å². The van der Waals surface area contributed by atoms with E-state index < -0.39 is 5.97 Å². The van der Waals surface area contributed by atoms with Gasteiger partial charge in [0.25, 0.3) is 0 Å². The highest BCUT2D eigenvalue weighted by atomic mass is 16.4. The molecule has 1 rings (SSSR count). The van der Waals surface area contributed by atoms with Gasteiger partial charge in [-0.3, -0.25) is 0 Å². The first kappa shape index (κ1) is 9.96. The van der Waals surface area contributed by atoms with Gasteiger partial charge < -0.3 is 9.90 Å². The molecule has 1 fully saturated rings. The molecule has 2 atom stereocenters. The third kappa shape index (κ3) is 3.01. The van der Waals surface area contributed by atoms with Gasteiger partial charge in [0.15, 0.2) is 0 Å². The maximum atomic E-state index is 10.6. The van der Waals surface area contributed by atoms with Crippen molar-refractivity contribution in [2.45, 2.75) is 25.7 Å². The van der Waals surface area contributed by atoms with Gasteiger partial charge in [-0.15, -0.1) is 0 Å². The van der Waals surface area contributed by atoms with E-state index >= 15 is 0 Å². The second kappa shape index (κ2) is 4.80. The smallest absolute Gasteiger partial charge is 0.327 e. The summed E-state index contributed by atoms with van der Waals surface area (Å²) in [5.41, 5.74) is 0. The Balaban J connectivity index is 2.54. The number of carboxylic acids is 1. The van der Waals surface area contributed by atoms with Crippen molar-refractivity contribution in [2.75, 3.05) is 0 Å². The summed E-state index contributed by atoms with van der Waals surface area (Å²) in [6.45, 7) is 0. The number of rotatable bonds is 3. The molecule has 72 valence electrons. The highest BCUT2D eigenvalue weighted by molar-refractivity contribution is 5.79. The normalized spacial score (nSPS) is 28.9. The van der Waals surface area contributed by atoms with E-state index in [1.54, 1.807) is 6.08 Å². The maximum Gasteiger partial charge on any atom is 0.327 e. The molecule has 0 bridgehead atoms. The molecule has 1 aliphatic rings. The predicted octanol–water partition coefficient (Wildman–Crippen LogP) is 1.63. The third-order valence-electron chi connectivity index (χ3n) is 2.54. The van der Waals surface area contributed by atoms with Gasteiger partial charge in [0.2, 0.25) is 0 Å². The first-order chi connectivity index (χ1) is 6.24. The average Bonchev–Trinajstić information content (AvgIpc) is 2.15. The fraction of sp³-hybridized carbons (Fsp3) is 0.600. The monoisotopic (exact) mass is 182 g/mol. The lowest BCUT2D eigenvalue weighted by molar-refractivity contribution is -0.131. The van der Waals surface area contributed by atoms with Crippen molar-refractivity contribution in [3.63, 3.8) is 0 Å². The molecule has 3 nitrogen and oxygen atoms in total. The molecule has 0 spiro atoms. The van der Waals surface area contributed by atoms with Crippen LogP contribution in [0.3, 0.4) is 0 Å². The summed E-state index contributed by atoms with van der Waals surface area (Å²) >= 11 is 0. The van der Waals surface area contributed by atoms with Gasteiger partial charge in [-0.25, -0.2) is 4.79 Å². The Hall–Kier alpha value is -1.12. The highest BCUT2D eigenvalue weighted by Crippen LogP contribution is 2.29. The fourth-order valence-corrected chi connectivity index (χ4v) is 1.80. The SMILES string of the molecule is O=CC1CCCCC1/C=C/C(=O)O. The summed E-state index contributed by atoms with van der Waals surface area (Å²) in [7, 11) is 0. The molecule has 0 aromatic rings. The molecule has 0 aromatic carbocycles. The van der Waals surface area contributed by atoms with E-state index in [1.165, 1.54) is 0 Å². The van der Waals surface area contributed by atoms with Crippen LogP contribution in [0.4, 0.5) is 0 Å². The molecule has 13 heavy (non-hydrogen) atoms. The lowest BCUT2D eigenvalue weighted by Crippen LogP contribution is -2.18. The van der Waals surface area contributed by atoms with E-state index in [0.717, 1.165) is 38.0 Å². The van der Waals surface area contributed by atoms with Crippen molar-refractivity contribution in [1.82, 2.24) is 0 Å². The van der Waals surface area contributed by atoms with E-state index in [2.05, 4.69) is 0 Å². The zero-order chi connectivity index (χ0) is 9.68. The van der Waals surface area contributed by atoms with Gasteiger partial charge >= 0.3 is 5.97 Å². The van der Waals surface area contributed by atoms with Crippen LogP contribution in [0.15, 0.2) is 12.2 Å². The summed E-state index contributed by atoms with van der Waals surface area (Å²) < 4.78 is 0. The van der Waals surface area contributed by atoms with E-state index in [1.807, 2.05) is 0 Å². The Bertz CT molecular complexity index is 220. The number of aldehydes is 1. The number of aliphatic carboxylic acids is 1. The molecule has 1 aliphatic carbocycles. The Kier molecular flexibility index (Phi) is 3.68. The molecule has 0 aliphatic heterocycles. The van der Waals surface area contributed by atoms with Crippen molar-refractivity contribution < 1.29 is 14.7 Å². The van der Waals surface area contributed by atoms with Gasteiger partial charge in [0.1, 0.15) is 6.29 Å². The minimum absolute atomic E-state index is 0.0318. The van der Waals surface area contributed by atoms with Gasteiger partial charge in [-0.1, -0.05) is 18.9 Å². The Labute approximate surface area is 77.4 Å². The lowest BCUT2D eigenvalue weighted by Gasteiger charge is -2.24. The molecular weight excluding hydrogens is 168 g/mol. The largest absolute Gasteiger partial charge is 0.478 e. The summed E-state index contributed by atoms with van der Waals surface area (Å²) in [6.07, 6.45) is 7.77. The first-order valence-electron chi connectivity index (χ1n) is 4.60. The number of allylic oxidation sites excluding steroid dienone is 1. The van der Waals surface area contributed by atoms with Crippen LogP contribution in [0.2, 0.25) is 0 Å². The molecule has 1 saturated carbocycles. The molecule has 0 aromatic heterocycles. The minimum atomic E-state index is -0.935. The summed E-state index contributed by atoms with van der Waals surface area (Å²) in [4.78, 5) is 20.9. The first-order valence-corrected chi connectivity index (χ1v) is 4.60. The van der Waals surface area contributed by atoms with Gasteiger partial charge in [0.05, 0.1) is 0 Å². The molecule has 3 heteroatoms. The summed E-state index contributed by atoms with van der Waals surface area (Å²) in [5, 5.41) is 8.43. The topological polar surface area (TPSA) is 54.4 Å². The predicted molar refractivity (Wildman–Crippen MR) is 48.3 cm³/mol. The van der Waals surface area contributed by atoms with Gasteiger partial charge in [-0.05, 0) is 18.8 Å². The second-order valence-corrected chi connectivity index (χ2v) is 3.45. The van der Waals surface area contributed by atoms with Crippen LogP contribution in [0.25, 0.3) is 0 Å². The number of carboxylic acid groups (broad SMARTS) is 1. The molecule has 0 radical (unpaired) electrons. The number of carbonyl (C=O) groups is 2. The lowest BCUT2D eigenvalue weighted by atomic mass is 9.80. The standard InChI is InChI=1S/C10H14O3/c11-7-9-4-2-1-3-8(9)5-6-10(12)13/h5-9H,1-4H2,(H,12,13)/b6-5+. The van der Waals surface area contributed by atoms with E-state index in [9.17, 15) is 9.59 Å². The minimum Gasteiger partial charge on any atom is -0.478 e. The van der Waals surface area contributed by atoms with E-state index in [-0.39, 0.29) is 11.8 Å². The Morgan fingerprint density at radius 2 is 1.85 bits per heavy atom. The van der Waals surface area contributed by atoms with Crippen molar-refractivity contribution in [1.29, 1.82) is 0 Å². The molecule has 1 N–H and O–H groups in total. The molecule has 0 saturated heterocycles. The van der Waals surface area contributed by atoms with Crippen LogP contribution in [-0.2, 0) is 9.59 Å². The summed E-state index contributed by atoms with van der Waals surface area (Å²) in [6, 6.07) is 0. The zero-order valence-electron chi connectivity index (χ0n) is 7.48. The van der Waals surface area contributed by atoms with Gasteiger partial charge in [-0.2, -0.15) is 0 Å². The zero-order valence-corrected chi connectivity index (χ0v) is 7.48. The Morgan fingerprint density at radius 3 is 2.38 bits per heavy atom. The van der Waals surface area contributed by atoms with Crippen molar-refractivity contribution >= 4 is 12.3 Å². The van der Waals surface area contributed by atoms with Crippen LogP contribution in [-0.4, -0.2) is 17.4 Å². The van der Waals surface area contributed by atoms with E-state index in [4.69, 9.17) is 5.11 Å². The van der Waals surface area contributed by atoms with Crippen molar-refractivity contribution in [2.24, 2.45) is 11.8 Å². The maximum absolute atomic E-state index is 10.6. The number of hydrogen-bond acceptors (Lipinski definition) is 2. The van der Waals surface area contributed by atoms with Crippen LogP contribution in [0, 0.1) is 11.8 Å². The fourth-order valence-electron chi connectivity index (χ4n) is 1.80. The summed E-state index contributed by atoms with van der Waals surface area (Å²) in [5.74, 6) is -0.762. The molecule has 0 amide bonds. The van der Waals surface area contributed by atoms with Crippen LogP contribution in [0.5, 0.6) is 0 Å². The molecule has 2 unspecified atom stereocenters. The number of hydrogen-bond donors (Lipinski definition) is 1. The third-order valence-corrected chi connectivity index (χ3v) is 2.54. The van der Waals surface area contributed by atoms with Crippen molar-refractivity contribution in [3.05, 3.63) is 12.2 Å². The second-order valence-electron chi connectivity index (χ2n) is 3.45. The molecular formula is C10H14O3. The highest BCUT2D eigenvalue weighted by Gasteiger charge is 2.22. The van der Waals surface area contributed by atoms with Crippen LogP contribution in [0.1, 0.15) is 25.7 Å². The van der Waals surface area contributed by atoms with Gasteiger partial charge in [0, 0.05) is 12.0 Å². The Morgan fingerprint density at radius 1 is 1.23 bits per heavy atom.